The lowest BCUT2D eigenvalue weighted by Gasteiger charge is -2.09. The first kappa shape index (κ1) is 14.9. The van der Waals surface area contributed by atoms with Crippen LogP contribution >= 0.6 is 0 Å². The zero-order valence-corrected chi connectivity index (χ0v) is 12.3. The summed E-state index contributed by atoms with van der Waals surface area (Å²) in [4.78, 5) is 11.8. The summed E-state index contributed by atoms with van der Waals surface area (Å²) in [5, 5.41) is 2.80. The van der Waals surface area contributed by atoms with Gasteiger partial charge in [0.1, 0.15) is 5.75 Å². The first-order valence-electron chi connectivity index (χ1n) is 6.90. The normalized spacial score (nSPS) is 10.2. The third-order valence-corrected chi connectivity index (χ3v) is 3.27. The minimum absolute atomic E-state index is 0.0800. The summed E-state index contributed by atoms with van der Waals surface area (Å²) in [6, 6.07) is 13.0. The van der Waals surface area contributed by atoms with Gasteiger partial charge in [-0.15, -0.1) is 0 Å². The van der Waals surface area contributed by atoms with Crippen LogP contribution in [-0.4, -0.2) is 12.5 Å². The Morgan fingerprint density at radius 2 is 1.81 bits per heavy atom. The number of ether oxygens (including phenoxy) is 1. The topological polar surface area (TPSA) is 64.3 Å². The van der Waals surface area contributed by atoms with E-state index in [4.69, 9.17) is 10.5 Å². The Balaban J connectivity index is 1.78. The lowest BCUT2D eigenvalue weighted by Crippen LogP contribution is -2.15. The second-order valence-corrected chi connectivity index (χ2v) is 5.01. The minimum atomic E-state index is -0.0800. The highest BCUT2D eigenvalue weighted by Crippen LogP contribution is 2.16. The van der Waals surface area contributed by atoms with Crippen LogP contribution in [-0.2, 0) is 4.79 Å². The molecule has 0 fully saturated rings. The molecule has 0 aliphatic rings. The third-order valence-electron chi connectivity index (χ3n) is 3.27. The van der Waals surface area contributed by atoms with Crippen LogP contribution in [0, 0.1) is 13.8 Å². The molecule has 0 atom stereocenters. The standard InChI is InChI=1S/C17H20N2O2/c1-12-3-8-16(11-13(12)2)21-10-9-17(20)19-15-6-4-14(18)5-7-15/h3-8,11H,9-10,18H2,1-2H3,(H,19,20). The Bertz CT molecular complexity index is 621. The summed E-state index contributed by atoms with van der Waals surface area (Å²) in [6.45, 7) is 4.44. The molecular weight excluding hydrogens is 264 g/mol. The number of nitrogens with one attached hydrogen (secondary N) is 1. The molecule has 0 saturated heterocycles. The highest BCUT2D eigenvalue weighted by atomic mass is 16.5. The fourth-order valence-corrected chi connectivity index (χ4v) is 1.86. The maximum Gasteiger partial charge on any atom is 0.227 e. The van der Waals surface area contributed by atoms with E-state index in [1.54, 1.807) is 24.3 Å². The van der Waals surface area contributed by atoms with E-state index in [0.717, 1.165) is 11.4 Å². The Morgan fingerprint density at radius 3 is 2.48 bits per heavy atom. The summed E-state index contributed by atoms with van der Waals surface area (Å²) in [5.74, 6) is 0.710. The van der Waals surface area contributed by atoms with Crippen molar-refractivity contribution in [1.82, 2.24) is 0 Å². The van der Waals surface area contributed by atoms with Crippen LogP contribution in [0.1, 0.15) is 17.5 Å². The number of amides is 1. The SMILES string of the molecule is Cc1ccc(OCCC(=O)Nc2ccc(N)cc2)cc1C. The molecule has 0 aliphatic heterocycles. The van der Waals surface area contributed by atoms with Gasteiger partial charge in [-0.05, 0) is 61.4 Å². The molecular formula is C17H20N2O2. The molecule has 0 unspecified atom stereocenters. The van der Waals surface area contributed by atoms with Crippen LogP contribution in [0.15, 0.2) is 42.5 Å². The molecule has 4 nitrogen and oxygen atoms in total. The van der Waals surface area contributed by atoms with Crippen molar-refractivity contribution in [2.75, 3.05) is 17.7 Å². The van der Waals surface area contributed by atoms with Crippen molar-refractivity contribution in [3.05, 3.63) is 53.6 Å². The molecule has 0 saturated carbocycles. The van der Waals surface area contributed by atoms with Gasteiger partial charge >= 0.3 is 0 Å². The van der Waals surface area contributed by atoms with E-state index in [1.165, 1.54) is 11.1 Å². The second-order valence-electron chi connectivity index (χ2n) is 5.01. The van der Waals surface area contributed by atoms with Gasteiger partial charge in [0.15, 0.2) is 0 Å². The van der Waals surface area contributed by atoms with Gasteiger partial charge < -0.3 is 15.8 Å². The average Bonchev–Trinajstić information content (AvgIpc) is 2.45. The van der Waals surface area contributed by atoms with Gasteiger partial charge in [0.05, 0.1) is 13.0 Å². The van der Waals surface area contributed by atoms with E-state index >= 15 is 0 Å². The number of rotatable bonds is 5. The summed E-state index contributed by atoms with van der Waals surface area (Å²) in [7, 11) is 0. The molecule has 0 aliphatic carbocycles. The molecule has 4 heteroatoms. The van der Waals surface area contributed by atoms with Crippen molar-refractivity contribution in [3.8, 4) is 5.75 Å². The fourth-order valence-electron chi connectivity index (χ4n) is 1.86. The maximum absolute atomic E-state index is 11.8. The van der Waals surface area contributed by atoms with Gasteiger partial charge in [-0.25, -0.2) is 0 Å². The molecule has 0 radical (unpaired) electrons. The molecule has 0 bridgehead atoms. The average molecular weight is 284 g/mol. The first-order valence-corrected chi connectivity index (χ1v) is 6.90. The van der Waals surface area contributed by atoms with Crippen molar-refractivity contribution < 1.29 is 9.53 Å². The Kier molecular flexibility index (Phi) is 4.82. The molecule has 110 valence electrons. The van der Waals surface area contributed by atoms with Crippen molar-refractivity contribution >= 4 is 17.3 Å². The van der Waals surface area contributed by atoms with Crippen molar-refractivity contribution in [2.24, 2.45) is 0 Å². The number of nitrogen functional groups attached to an aromatic ring is 1. The van der Waals surface area contributed by atoms with Gasteiger partial charge in [-0.2, -0.15) is 0 Å². The Hall–Kier alpha value is -2.49. The second kappa shape index (κ2) is 6.79. The molecule has 1 amide bonds. The quantitative estimate of drug-likeness (QED) is 0.828. The van der Waals surface area contributed by atoms with Crippen LogP contribution in [0.4, 0.5) is 11.4 Å². The lowest BCUT2D eigenvalue weighted by molar-refractivity contribution is -0.116. The number of benzene rings is 2. The molecule has 2 rings (SSSR count). The van der Waals surface area contributed by atoms with E-state index in [-0.39, 0.29) is 5.91 Å². The summed E-state index contributed by atoms with van der Waals surface area (Å²) in [5.41, 5.74) is 9.41. The highest BCUT2D eigenvalue weighted by molar-refractivity contribution is 5.90. The maximum atomic E-state index is 11.8. The summed E-state index contributed by atoms with van der Waals surface area (Å²) < 4.78 is 5.59. The number of hydrogen-bond donors (Lipinski definition) is 2. The highest BCUT2D eigenvalue weighted by Gasteiger charge is 2.03. The van der Waals surface area contributed by atoms with Crippen LogP contribution in [0.25, 0.3) is 0 Å². The van der Waals surface area contributed by atoms with Gasteiger partial charge in [-0.3, -0.25) is 4.79 Å². The summed E-state index contributed by atoms with van der Waals surface area (Å²) >= 11 is 0. The summed E-state index contributed by atoms with van der Waals surface area (Å²) in [6.07, 6.45) is 0.303. The monoisotopic (exact) mass is 284 g/mol. The van der Waals surface area contributed by atoms with Gasteiger partial charge in [-0.1, -0.05) is 6.07 Å². The smallest absolute Gasteiger partial charge is 0.227 e. The van der Waals surface area contributed by atoms with E-state index in [0.29, 0.717) is 18.7 Å². The van der Waals surface area contributed by atoms with Gasteiger partial charge in [0.25, 0.3) is 0 Å². The molecule has 0 heterocycles. The van der Waals surface area contributed by atoms with Crippen molar-refractivity contribution in [3.63, 3.8) is 0 Å². The van der Waals surface area contributed by atoms with Crippen LogP contribution in [0.3, 0.4) is 0 Å². The predicted octanol–water partition coefficient (Wildman–Crippen LogP) is 3.29. The van der Waals surface area contributed by atoms with Gasteiger partial charge in [0.2, 0.25) is 5.91 Å². The molecule has 2 aromatic rings. The van der Waals surface area contributed by atoms with E-state index in [1.807, 2.05) is 25.1 Å². The number of anilines is 2. The van der Waals surface area contributed by atoms with Crippen molar-refractivity contribution in [2.45, 2.75) is 20.3 Å². The minimum Gasteiger partial charge on any atom is -0.493 e. The lowest BCUT2D eigenvalue weighted by atomic mass is 10.1. The van der Waals surface area contributed by atoms with E-state index in [2.05, 4.69) is 12.2 Å². The van der Waals surface area contributed by atoms with E-state index < -0.39 is 0 Å². The van der Waals surface area contributed by atoms with Crippen LogP contribution in [0.2, 0.25) is 0 Å². The molecule has 0 aromatic heterocycles. The largest absolute Gasteiger partial charge is 0.493 e. The zero-order valence-electron chi connectivity index (χ0n) is 12.3. The molecule has 2 aromatic carbocycles. The first-order chi connectivity index (χ1) is 10.0. The zero-order chi connectivity index (χ0) is 15.2. The van der Waals surface area contributed by atoms with Gasteiger partial charge in [0, 0.05) is 11.4 Å². The Morgan fingerprint density at radius 1 is 1.10 bits per heavy atom. The predicted molar refractivity (Wildman–Crippen MR) is 85.5 cm³/mol. The number of hydrogen-bond acceptors (Lipinski definition) is 3. The third kappa shape index (κ3) is 4.53. The van der Waals surface area contributed by atoms with E-state index in [9.17, 15) is 4.79 Å². The molecule has 0 spiro atoms. The Labute approximate surface area is 124 Å². The van der Waals surface area contributed by atoms with Crippen molar-refractivity contribution in [1.29, 1.82) is 0 Å². The number of aryl methyl sites for hydroxylation is 2. The molecule has 21 heavy (non-hydrogen) atoms. The number of nitrogens with two attached hydrogens (primary N) is 1. The number of carbonyl (C=O) groups is 1. The number of carbonyl (C=O) groups excluding carboxylic acids is 1. The fraction of sp³-hybridized carbons (Fsp3) is 0.235. The van der Waals surface area contributed by atoms with Crippen LogP contribution < -0.4 is 15.8 Å². The van der Waals surface area contributed by atoms with Crippen LogP contribution in [0.5, 0.6) is 5.75 Å². The molecule has 3 N–H and O–H groups in total.